The van der Waals surface area contributed by atoms with E-state index in [4.69, 9.17) is 0 Å². The second-order valence-corrected chi connectivity index (χ2v) is 12.2. The lowest BCUT2D eigenvalue weighted by Crippen LogP contribution is -2.43. The standard InChI is InChI=1S/C16H28OSi/c1-12(2)18(13(3)4,14(5)6)10-9-15-7-8-16(17)11-15/h12-15H,7-8,11H2,1-6H3. The van der Waals surface area contributed by atoms with Crippen molar-refractivity contribution in [1.29, 1.82) is 0 Å². The summed E-state index contributed by atoms with van der Waals surface area (Å²) in [5.74, 6) is 4.24. The topological polar surface area (TPSA) is 17.1 Å². The van der Waals surface area contributed by atoms with Gasteiger partial charge in [-0.25, -0.2) is 0 Å². The zero-order chi connectivity index (χ0) is 13.9. The van der Waals surface area contributed by atoms with Crippen LogP contribution in [0, 0.1) is 17.4 Å². The lowest BCUT2D eigenvalue weighted by Gasteiger charge is -2.38. The van der Waals surface area contributed by atoms with Crippen LogP contribution >= 0.6 is 0 Å². The fourth-order valence-electron chi connectivity index (χ4n) is 3.60. The predicted molar refractivity (Wildman–Crippen MR) is 81.2 cm³/mol. The normalized spacial score (nSPS) is 20.7. The molecule has 1 unspecified atom stereocenters. The Labute approximate surface area is 114 Å². The molecule has 0 amide bonds. The highest BCUT2D eigenvalue weighted by molar-refractivity contribution is 6.90. The van der Waals surface area contributed by atoms with Crippen LogP contribution in [0.15, 0.2) is 0 Å². The third-order valence-corrected chi connectivity index (χ3v) is 10.9. The third kappa shape index (κ3) is 3.06. The molecule has 1 saturated carbocycles. The molecule has 0 spiro atoms. The summed E-state index contributed by atoms with van der Waals surface area (Å²) in [6.07, 6.45) is 2.44. The highest BCUT2D eigenvalue weighted by Gasteiger charge is 2.41. The van der Waals surface area contributed by atoms with Crippen molar-refractivity contribution in [3.05, 3.63) is 0 Å². The molecule has 0 radical (unpaired) electrons. The summed E-state index contributed by atoms with van der Waals surface area (Å²) < 4.78 is 0. The van der Waals surface area contributed by atoms with Crippen LogP contribution in [0.3, 0.4) is 0 Å². The Morgan fingerprint density at radius 1 is 1.06 bits per heavy atom. The fourth-order valence-corrected chi connectivity index (χ4v) is 8.92. The number of carbonyl (C=O) groups excluding carboxylic acids is 1. The van der Waals surface area contributed by atoms with E-state index in [2.05, 4.69) is 53.0 Å². The minimum Gasteiger partial charge on any atom is -0.300 e. The lowest BCUT2D eigenvalue weighted by molar-refractivity contribution is -0.117. The average Bonchev–Trinajstić information content (AvgIpc) is 2.63. The molecule has 0 heterocycles. The van der Waals surface area contributed by atoms with Gasteiger partial charge in [-0.1, -0.05) is 41.5 Å². The van der Waals surface area contributed by atoms with E-state index in [0.717, 1.165) is 12.8 Å². The van der Waals surface area contributed by atoms with E-state index in [0.29, 0.717) is 34.7 Å². The van der Waals surface area contributed by atoms with Gasteiger partial charge in [-0.3, -0.25) is 4.79 Å². The van der Waals surface area contributed by atoms with Crippen LogP contribution in [0.4, 0.5) is 0 Å². The van der Waals surface area contributed by atoms with Gasteiger partial charge >= 0.3 is 0 Å². The maximum atomic E-state index is 11.3. The summed E-state index contributed by atoms with van der Waals surface area (Å²) in [6, 6.07) is 0. The average molecular weight is 264 g/mol. The smallest absolute Gasteiger partial charge is 0.145 e. The minimum absolute atomic E-state index is 0.348. The van der Waals surface area contributed by atoms with Crippen molar-refractivity contribution in [3.8, 4) is 11.5 Å². The van der Waals surface area contributed by atoms with E-state index in [1.54, 1.807) is 0 Å². The summed E-state index contributed by atoms with van der Waals surface area (Å²) in [7, 11) is -1.59. The van der Waals surface area contributed by atoms with Crippen molar-refractivity contribution in [3.63, 3.8) is 0 Å². The molecule has 0 aromatic heterocycles. The van der Waals surface area contributed by atoms with Gasteiger partial charge in [0.15, 0.2) is 0 Å². The number of Topliss-reactive ketones (excluding diaryl/α,β-unsaturated/α-hetero) is 1. The number of rotatable bonds is 3. The Kier molecular flexibility index (Phi) is 5.22. The quantitative estimate of drug-likeness (QED) is 0.539. The number of hydrogen-bond donors (Lipinski definition) is 0. The maximum absolute atomic E-state index is 11.3. The molecule has 102 valence electrons. The maximum Gasteiger partial charge on any atom is 0.145 e. The second-order valence-electron chi connectivity index (χ2n) is 6.64. The van der Waals surface area contributed by atoms with Gasteiger partial charge in [-0.05, 0) is 23.0 Å². The van der Waals surface area contributed by atoms with Gasteiger partial charge in [0.1, 0.15) is 13.9 Å². The Bertz CT molecular complexity index is 335. The molecule has 0 aromatic carbocycles. The Hall–Kier alpha value is -0.553. The van der Waals surface area contributed by atoms with Crippen LogP contribution in [-0.2, 0) is 4.79 Å². The van der Waals surface area contributed by atoms with Crippen molar-refractivity contribution >= 4 is 13.9 Å². The zero-order valence-electron chi connectivity index (χ0n) is 12.8. The lowest BCUT2D eigenvalue weighted by atomic mass is 10.1. The van der Waals surface area contributed by atoms with Crippen molar-refractivity contribution in [1.82, 2.24) is 0 Å². The van der Waals surface area contributed by atoms with Gasteiger partial charge in [0, 0.05) is 18.8 Å². The van der Waals surface area contributed by atoms with Gasteiger partial charge in [-0.2, -0.15) is 0 Å². The largest absolute Gasteiger partial charge is 0.300 e. The molecule has 1 aliphatic rings. The molecule has 1 rings (SSSR count). The summed E-state index contributed by atoms with van der Waals surface area (Å²) in [4.78, 5) is 11.3. The van der Waals surface area contributed by atoms with Crippen molar-refractivity contribution < 1.29 is 4.79 Å². The molecular formula is C16H28OSi. The molecule has 0 saturated heterocycles. The Balaban J connectivity index is 2.98. The van der Waals surface area contributed by atoms with E-state index in [9.17, 15) is 4.79 Å². The Morgan fingerprint density at radius 2 is 1.56 bits per heavy atom. The molecule has 0 bridgehead atoms. The van der Waals surface area contributed by atoms with Crippen LogP contribution in [0.25, 0.3) is 0 Å². The molecule has 1 fully saturated rings. The first-order valence-corrected chi connectivity index (χ1v) is 9.58. The summed E-state index contributed by atoms with van der Waals surface area (Å²) in [5.41, 5.74) is 5.78. The summed E-state index contributed by atoms with van der Waals surface area (Å²) >= 11 is 0. The summed E-state index contributed by atoms with van der Waals surface area (Å²) in [6.45, 7) is 14.0. The molecule has 1 atom stereocenters. The van der Waals surface area contributed by atoms with Crippen molar-refractivity contribution in [2.75, 3.05) is 0 Å². The molecular weight excluding hydrogens is 236 g/mol. The molecule has 2 heteroatoms. The van der Waals surface area contributed by atoms with Gasteiger partial charge < -0.3 is 0 Å². The van der Waals surface area contributed by atoms with E-state index in [1.165, 1.54) is 0 Å². The monoisotopic (exact) mass is 264 g/mol. The van der Waals surface area contributed by atoms with Crippen molar-refractivity contribution in [2.24, 2.45) is 5.92 Å². The number of carbonyl (C=O) groups is 1. The van der Waals surface area contributed by atoms with E-state index in [1.807, 2.05) is 0 Å². The van der Waals surface area contributed by atoms with Gasteiger partial charge in [0.2, 0.25) is 0 Å². The highest BCUT2D eigenvalue weighted by atomic mass is 28.3. The second kappa shape index (κ2) is 6.06. The number of ketones is 1. The van der Waals surface area contributed by atoms with Crippen LogP contribution < -0.4 is 0 Å². The summed E-state index contributed by atoms with van der Waals surface area (Å²) in [5, 5.41) is 0. The predicted octanol–water partition coefficient (Wildman–Crippen LogP) is 4.58. The first kappa shape index (κ1) is 15.5. The highest BCUT2D eigenvalue weighted by Crippen LogP contribution is 2.41. The zero-order valence-corrected chi connectivity index (χ0v) is 13.8. The SMILES string of the molecule is CC(C)[Si](C#CC1CCC(=O)C1)(C(C)C)C(C)C. The van der Waals surface area contributed by atoms with Gasteiger partial charge in [0.25, 0.3) is 0 Å². The molecule has 0 N–H and O–H groups in total. The molecule has 1 nitrogen and oxygen atoms in total. The van der Waals surface area contributed by atoms with E-state index in [-0.39, 0.29) is 0 Å². The number of hydrogen-bond acceptors (Lipinski definition) is 1. The van der Waals surface area contributed by atoms with Crippen LogP contribution in [0.2, 0.25) is 16.6 Å². The third-order valence-electron chi connectivity index (χ3n) is 4.60. The van der Waals surface area contributed by atoms with Crippen LogP contribution in [0.1, 0.15) is 60.8 Å². The first-order chi connectivity index (χ1) is 8.30. The van der Waals surface area contributed by atoms with E-state index >= 15 is 0 Å². The molecule has 18 heavy (non-hydrogen) atoms. The van der Waals surface area contributed by atoms with Gasteiger partial charge in [0.05, 0.1) is 0 Å². The minimum atomic E-state index is -1.59. The first-order valence-electron chi connectivity index (χ1n) is 7.35. The van der Waals surface area contributed by atoms with Crippen molar-refractivity contribution in [2.45, 2.75) is 77.4 Å². The molecule has 0 aliphatic heterocycles. The van der Waals surface area contributed by atoms with E-state index < -0.39 is 8.07 Å². The van der Waals surface area contributed by atoms with Gasteiger partial charge in [-0.15, -0.1) is 11.5 Å². The van der Waals surface area contributed by atoms with Crippen LogP contribution in [-0.4, -0.2) is 13.9 Å². The Morgan fingerprint density at radius 3 is 1.89 bits per heavy atom. The fraction of sp³-hybridized carbons (Fsp3) is 0.812. The molecule has 0 aromatic rings. The molecule has 1 aliphatic carbocycles. The van der Waals surface area contributed by atoms with Crippen LogP contribution in [0.5, 0.6) is 0 Å².